The van der Waals surface area contributed by atoms with Gasteiger partial charge in [-0.25, -0.2) is 0 Å². The average molecular weight is 235 g/mol. The normalized spacial score (nSPS) is 14.2. The van der Waals surface area contributed by atoms with E-state index in [1.807, 2.05) is 6.07 Å². The number of ether oxygens (including phenoxy) is 2. The zero-order valence-corrected chi connectivity index (χ0v) is 11.5. The van der Waals surface area contributed by atoms with Crippen molar-refractivity contribution in [3.63, 3.8) is 0 Å². The Hall–Kier alpha value is -1.18. The van der Waals surface area contributed by atoms with Crippen LogP contribution < -0.4 is 9.47 Å². The molecule has 0 aliphatic heterocycles. The molecule has 1 rings (SSSR count). The monoisotopic (exact) mass is 235 g/mol. The minimum absolute atomic E-state index is 0.455. The van der Waals surface area contributed by atoms with Gasteiger partial charge >= 0.3 is 0 Å². The lowest BCUT2D eigenvalue weighted by molar-refractivity contribution is 0.388. The lowest BCUT2D eigenvalue weighted by Crippen LogP contribution is -2.08. The molecule has 0 bridgehead atoms. The van der Waals surface area contributed by atoms with Crippen molar-refractivity contribution >= 4 is 0 Å². The van der Waals surface area contributed by atoms with E-state index in [2.05, 4.69) is 33.8 Å². The highest BCUT2D eigenvalue weighted by atomic mass is 16.5. The van der Waals surface area contributed by atoms with Gasteiger partial charge in [0.15, 0.2) is 0 Å². The third kappa shape index (κ3) is 2.93. The topological polar surface area (TPSA) is 18.5 Å². The van der Waals surface area contributed by atoms with Crippen molar-refractivity contribution in [3.05, 3.63) is 30.2 Å². The Bertz CT molecular complexity index is 371. The highest BCUT2D eigenvalue weighted by molar-refractivity contribution is 5.49. The lowest BCUT2D eigenvalue weighted by atomic mass is 9.84. The van der Waals surface area contributed by atoms with Crippen molar-refractivity contribution in [3.8, 4) is 11.5 Å². The molecule has 0 saturated carbocycles. The minimum Gasteiger partial charge on any atom is -0.497 e. The van der Waals surface area contributed by atoms with E-state index in [0.717, 1.165) is 23.5 Å². The third-order valence-electron chi connectivity index (χ3n) is 3.66. The average Bonchev–Trinajstić information content (AvgIpc) is 2.37. The summed E-state index contributed by atoms with van der Waals surface area (Å²) in [6.45, 7) is 10.8. The van der Waals surface area contributed by atoms with E-state index in [9.17, 15) is 0 Å². The molecule has 0 aliphatic rings. The molecule has 17 heavy (non-hydrogen) atoms. The summed E-state index contributed by atoms with van der Waals surface area (Å²) in [6, 6.07) is 3.96. The van der Waals surface area contributed by atoms with Gasteiger partial charge in [-0.2, -0.15) is 0 Å². The van der Waals surface area contributed by atoms with Crippen LogP contribution in [0.15, 0.2) is 12.1 Å². The summed E-state index contributed by atoms with van der Waals surface area (Å²) in [5, 5.41) is 0. The predicted molar refractivity (Wildman–Crippen MR) is 71.9 cm³/mol. The zero-order chi connectivity index (χ0) is 13.0. The second kappa shape index (κ2) is 5.95. The van der Waals surface area contributed by atoms with E-state index in [0.29, 0.717) is 11.8 Å². The smallest absolute Gasteiger partial charge is 0.126 e. The summed E-state index contributed by atoms with van der Waals surface area (Å²) in [5.74, 6) is 2.71. The number of methoxy groups -OCH3 is 2. The van der Waals surface area contributed by atoms with E-state index in [1.165, 1.54) is 5.56 Å². The Kier molecular flexibility index (Phi) is 4.86. The number of benzene rings is 1. The van der Waals surface area contributed by atoms with Gasteiger partial charge in [0.05, 0.1) is 14.2 Å². The molecule has 2 nitrogen and oxygen atoms in total. The second-order valence-corrected chi connectivity index (χ2v) is 4.57. The first-order chi connectivity index (χ1) is 8.04. The molecule has 0 heterocycles. The van der Waals surface area contributed by atoms with Crippen LogP contribution in [0.5, 0.6) is 11.5 Å². The Labute approximate surface area is 105 Å². The van der Waals surface area contributed by atoms with Crippen LogP contribution in [0, 0.1) is 12.8 Å². The molecular weight excluding hydrogens is 212 g/mol. The number of rotatable bonds is 5. The molecule has 1 radical (unpaired) electrons. The van der Waals surface area contributed by atoms with Crippen LogP contribution in [0.3, 0.4) is 0 Å². The van der Waals surface area contributed by atoms with Gasteiger partial charge in [0, 0.05) is 6.07 Å². The molecule has 1 aromatic carbocycles. The van der Waals surface area contributed by atoms with Gasteiger partial charge in [0.1, 0.15) is 11.5 Å². The fraction of sp³-hybridized carbons (Fsp3) is 0.533. The first kappa shape index (κ1) is 13.9. The molecule has 2 heteroatoms. The molecule has 0 saturated heterocycles. The number of hydrogen-bond acceptors (Lipinski definition) is 2. The summed E-state index contributed by atoms with van der Waals surface area (Å²) in [7, 11) is 3.34. The predicted octanol–water partition coefficient (Wildman–Crippen LogP) is 4.04. The van der Waals surface area contributed by atoms with Crippen LogP contribution in [0.1, 0.15) is 44.2 Å². The second-order valence-electron chi connectivity index (χ2n) is 4.57. The first-order valence-corrected chi connectivity index (χ1v) is 6.13. The van der Waals surface area contributed by atoms with Crippen LogP contribution in [0.4, 0.5) is 0 Å². The van der Waals surface area contributed by atoms with E-state index in [-0.39, 0.29) is 0 Å². The molecular formula is C15H23O2. The SMILES string of the molecule is [CH2]c1c(OC)cc(OC)cc1C(C)C(C)CC. The third-order valence-corrected chi connectivity index (χ3v) is 3.66. The Morgan fingerprint density at radius 2 is 1.82 bits per heavy atom. The fourth-order valence-electron chi connectivity index (χ4n) is 2.01. The molecule has 0 fully saturated rings. The Morgan fingerprint density at radius 1 is 1.18 bits per heavy atom. The van der Waals surface area contributed by atoms with Crippen LogP contribution in [0.2, 0.25) is 0 Å². The van der Waals surface area contributed by atoms with Gasteiger partial charge in [0.2, 0.25) is 0 Å². The number of hydrogen-bond donors (Lipinski definition) is 0. The van der Waals surface area contributed by atoms with Gasteiger partial charge in [0.25, 0.3) is 0 Å². The fourth-order valence-corrected chi connectivity index (χ4v) is 2.01. The van der Waals surface area contributed by atoms with E-state index in [1.54, 1.807) is 14.2 Å². The van der Waals surface area contributed by atoms with Gasteiger partial charge < -0.3 is 9.47 Å². The summed E-state index contributed by atoms with van der Waals surface area (Å²) >= 11 is 0. The zero-order valence-electron chi connectivity index (χ0n) is 11.5. The van der Waals surface area contributed by atoms with Gasteiger partial charge in [-0.3, -0.25) is 0 Å². The van der Waals surface area contributed by atoms with Crippen molar-refractivity contribution in [2.24, 2.45) is 5.92 Å². The Morgan fingerprint density at radius 3 is 2.29 bits per heavy atom. The summed E-state index contributed by atoms with van der Waals surface area (Å²) in [5.41, 5.74) is 2.19. The maximum atomic E-state index is 5.35. The molecule has 0 N–H and O–H groups in total. The molecule has 0 amide bonds. The molecule has 95 valence electrons. The molecule has 0 aliphatic carbocycles. The van der Waals surface area contributed by atoms with E-state index < -0.39 is 0 Å². The summed E-state index contributed by atoms with van der Waals surface area (Å²) in [6.07, 6.45) is 1.15. The van der Waals surface area contributed by atoms with Gasteiger partial charge in [-0.05, 0) is 36.0 Å². The molecule has 2 unspecified atom stereocenters. The molecule has 2 atom stereocenters. The quantitative estimate of drug-likeness (QED) is 0.767. The first-order valence-electron chi connectivity index (χ1n) is 6.13. The maximum absolute atomic E-state index is 5.35. The van der Waals surface area contributed by atoms with Gasteiger partial charge in [-0.15, -0.1) is 0 Å². The maximum Gasteiger partial charge on any atom is 0.126 e. The van der Waals surface area contributed by atoms with Crippen LogP contribution >= 0.6 is 0 Å². The largest absolute Gasteiger partial charge is 0.497 e. The molecule has 0 spiro atoms. The summed E-state index contributed by atoms with van der Waals surface area (Å²) in [4.78, 5) is 0. The molecule has 0 aromatic heterocycles. The van der Waals surface area contributed by atoms with Gasteiger partial charge in [-0.1, -0.05) is 27.2 Å². The minimum atomic E-state index is 0.455. The van der Waals surface area contributed by atoms with E-state index >= 15 is 0 Å². The van der Waals surface area contributed by atoms with Crippen molar-refractivity contribution in [1.82, 2.24) is 0 Å². The lowest BCUT2D eigenvalue weighted by Gasteiger charge is -2.22. The van der Waals surface area contributed by atoms with Crippen LogP contribution in [-0.2, 0) is 0 Å². The van der Waals surface area contributed by atoms with Crippen molar-refractivity contribution < 1.29 is 9.47 Å². The molecule has 1 aromatic rings. The van der Waals surface area contributed by atoms with Crippen molar-refractivity contribution in [1.29, 1.82) is 0 Å². The summed E-state index contributed by atoms with van der Waals surface area (Å²) < 4.78 is 10.7. The Balaban J connectivity index is 3.21. The highest BCUT2D eigenvalue weighted by Crippen LogP contribution is 2.36. The highest BCUT2D eigenvalue weighted by Gasteiger charge is 2.18. The van der Waals surface area contributed by atoms with Crippen molar-refractivity contribution in [2.45, 2.75) is 33.1 Å². The van der Waals surface area contributed by atoms with Crippen molar-refractivity contribution in [2.75, 3.05) is 14.2 Å². The standard InChI is InChI=1S/C15H23O2/c1-7-10(2)11(3)14-8-13(16-5)9-15(17-6)12(14)4/h8-11H,4,7H2,1-3,5-6H3. The van der Waals surface area contributed by atoms with E-state index in [4.69, 9.17) is 9.47 Å². The van der Waals surface area contributed by atoms with Crippen LogP contribution in [0.25, 0.3) is 0 Å². The van der Waals surface area contributed by atoms with Crippen LogP contribution in [-0.4, -0.2) is 14.2 Å².